The summed E-state index contributed by atoms with van der Waals surface area (Å²) in [5, 5.41) is 13.8. The predicted molar refractivity (Wildman–Crippen MR) is 125 cm³/mol. The summed E-state index contributed by atoms with van der Waals surface area (Å²) >= 11 is 0. The second-order valence-corrected chi connectivity index (χ2v) is 7.30. The van der Waals surface area contributed by atoms with Crippen molar-refractivity contribution >= 4 is 34.4 Å². The first-order valence-corrected chi connectivity index (χ1v) is 10.5. The molecule has 3 aromatic rings. The summed E-state index contributed by atoms with van der Waals surface area (Å²) in [7, 11) is 0. The molecule has 0 saturated carbocycles. The van der Waals surface area contributed by atoms with Gasteiger partial charge in [-0.3, -0.25) is 19.2 Å². The minimum absolute atomic E-state index is 0.126. The van der Waals surface area contributed by atoms with Gasteiger partial charge in [0.15, 0.2) is 12.4 Å². The van der Waals surface area contributed by atoms with Crippen LogP contribution in [-0.2, 0) is 30.3 Å². The third-order valence-corrected chi connectivity index (χ3v) is 4.66. The van der Waals surface area contributed by atoms with Crippen LogP contribution >= 0.6 is 0 Å². The van der Waals surface area contributed by atoms with Crippen molar-refractivity contribution in [3.05, 3.63) is 84.4 Å². The highest BCUT2D eigenvalue weighted by Gasteiger charge is 2.24. The number of aliphatic carboxylic acids is 1. The highest BCUT2D eigenvalue weighted by Crippen LogP contribution is 2.11. The fourth-order valence-electron chi connectivity index (χ4n) is 3.00. The number of ketones is 1. The van der Waals surface area contributed by atoms with Crippen LogP contribution in [0.25, 0.3) is 10.8 Å². The Morgan fingerprint density at radius 3 is 1.85 bits per heavy atom. The van der Waals surface area contributed by atoms with E-state index in [1.165, 1.54) is 10.8 Å². The number of fused-ring (bicyclic) bond motifs is 1. The van der Waals surface area contributed by atoms with Gasteiger partial charge in [-0.05, 0) is 22.8 Å². The summed E-state index contributed by atoms with van der Waals surface area (Å²) in [5.74, 6) is -2.97. The minimum atomic E-state index is -1.23. The van der Waals surface area contributed by atoms with Gasteiger partial charge in [-0.1, -0.05) is 78.9 Å². The van der Waals surface area contributed by atoms with Crippen LogP contribution in [0.1, 0.15) is 25.3 Å². The number of hydrogen-bond acceptors (Lipinski definition) is 5. The van der Waals surface area contributed by atoms with Crippen molar-refractivity contribution in [3.8, 4) is 0 Å². The van der Waals surface area contributed by atoms with Crippen molar-refractivity contribution in [2.75, 3.05) is 6.61 Å². The van der Waals surface area contributed by atoms with Gasteiger partial charge in [0, 0.05) is 13.3 Å². The average Bonchev–Trinajstić information content (AvgIpc) is 2.81. The van der Waals surface area contributed by atoms with E-state index < -0.39 is 42.7 Å². The highest BCUT2D eigenvalue weighted by molar-refractivity contribution is 5.93. The first-order valence-electron chi connectivity index (χ1n) is 10.5. The first-order chi connectivity index (χ1) is 15.8. The van der Waals surface area contributed by atoms with E-state index in [1.54, 1.807) is 0 Å². The van der Waals surface area contributed by atoms with Crippen molar-refractivity contribution in [1.82, 2.24) is 5.32 Å². The molecule has 7 nitrogen and oxygen atoms in total. The molecule has 0 heterocycles. The van der Waals surface area contributed by atoms with Gasteiger partial charge in [0.25, 0.3) is 0 Å². The number of ether oxygens (including phenoxy) is 1. The molecule has 0 aliphatic heterocycles. The molecule has 1 amide bonds. The van der Waals surface area contributed by atoms with Gasteiger partial charge in [-0.25, -0.2) is 0 Å². The van der Waals surface area contributed by atoms with Crippen LogP contribution in [0.4, 0.5) is 0 Å². The maximum atomic E-state index is 11.9. The van der Waals surface area contributed by atoms with Crippen LogP contribution in [0.15, 0.2) is 78.9 Å². The van der Waals surface area contributed by atoms with Crippen molar-refractivity contribution in [2.24, 2.45) is 0 Å². The summed E-state index contributed by atoms with van der Waals surface area (Å²) in [6.45, 7) is 0.574. The molecule has 7 heteroatoms. The third-order valence-electron chi connectivity index (χ3n) is 4.66. The SMILES string of the molecule is CC(=O)OCC(=O)C(CC(=O)O)NC(=O)CCc1ccccc1.c1ccc2ccccc2c1. The molecular weight excluding hydrogens is 422 g/mol. The molecule has 2 N–H and O–H groups in total. The van der Waals surface area contributed by atoms with Crippen molar-refractivity contribution in [1.29, 1.82) is 0 Å². The number of rotatable bonds is 9. The molecule has 1 unspecified atom stereocenters. The molecule has 0 aliphatic carbocycles. The maximum Gasteiger partial charge on any atom is 0.305 e. The van der Waals surface area contributed by atoms with E-state index >= 15 is 0 Å². The Morgan fingerprint density at radius 2 is 1.36 bits per heavy atom. The Morgan fingerprint density at radius 1 is 0.848 bits per heavy atom. The lowest BCUT2D eigenvalue weighted by Gasteiger charge is -2.15. The van der Waals surface area contributed by atoms with Gasteiger partial charge >= 0.3 is 11.9 Å². The average molecular weight is 450 g/mol. The number of carboxylic acid groups (broad SMARTS) is 1. The Hall–Kier alpha value is -4.00. The monoisotopic (exact) mass is 449 g/mol. The molecule has 0 aromatic heterocycles. The number of amides is 1. The molecule has 0 saturated heterocycles. The van der Waals surface area contributed by atoms with Crippen molar-refractivity contribution < 1.29 is 29.0 Å². The van der Waals surface area contributed by atoms with E-state index in [-0.39, 0.29) is 6.42 Å². The summed E-state index contributed by atoms with van der Waals surface area (Å²) in [5.41, 5.74) is 0.962. The lowest BCUT2D eigenvalue weighted by molar-refractivity contribution is -0.147. The molecular formula is C26H27NO6. The fraction of sp³-hybridized carbons (Fsp3) is 0.231. The number of esters is 1. The van der Waals surface area contributed by atoms with Gasteiger partial charge in [-0.2, -0.15) is 0 Å². The Labute approximate surface area is 192 Å². The zero-order valence-electron chi connectivity index (χ0n) is 18.4. The van der Waals surface area contributed by atoms with Gasteiger partial charge in [0.2, 0.25) is 5.91 Å². The number of carboxylic acids is 1. The molecule has 0 bridgehead atoms. The number of benzene rings is 3. The Kier molecular flexibility index (Phi) is 10.3. The molecule has 3 aromatic carbocycles. The summed E-state index contributed by atoms with van der Waals surface area (Å²) in [6, 6.07) is 24.8. The smallest absolute Gasteiger partial charge is 0.305 e. The van der Waals surface area contributed by atoms with Crippen LogP contribution in [-0.4, -0.2) is 41.4 Å². The minimum Gasteiger partial charge on any atom is -0.481 e. The van der Waals surface area contributed by atoms with Crippen LogP contribution in [0.2, 0.25) is 0 Å². The number of hydrogen-bond donors (Lipinski definition) is 2. The summed E-state index contributed by atoms with van der Waals surface area (Å²) < 4.78 is 4.54. The maximum absolute atomic E-state index is 11.9. The van der Waals surface area contributed by atoms with E-state index in [0.29, 0.717) is 6.42 Å². The third kappa shape index (κ3) is 9.78. The molecule has 33 heavy (non-hydrogen) atoms. The van der Waals surface area contributed by atoms with Gasteiger partial charge in [0.1, 0.15) is 6.04 Å². The number of Topliss-reactive ketones (excluding diaryl/α,β-unsaturated/α-hetero) is 1. The second-order valence-electron chi connectivity index (χ2n) is 7.30. The number of carbonyl (C=O) groups excluding carboxylic acids is 3. The molecule has 172 valence electrons. The molecule has 0 aliphatic rings. The lowest BCUT2D eigenvalue weighted by Crippen LogP contribution is -2.44. The summed E-state index contributed by atoms with van der Waals surface area (Å²) in [4.78, 5) is 45.2. The first kappa shape index (κ1) is 25.3. The van der Waals surface area contributed by atoms with E-state index in [4.69, 9.17) is 5.11 Å². The van der Waals surface area contributed by atoms with Crippen LogP contribution < -0.4 is 5.32 Å². The largest absolute Gasteiger partial charge is 0.481 e. The zero-order chi connectivity index (χ0) is 24.1. The van der Waals surface area contributed by atoms with Crippen LogP contribution in [0, 0.1) is 0 Å². The van der Waals surface area contributed by atoms with Gasteiger partial charge < -0.3 is 15.2 Å². The standard InChI is InChI=1S/C16H19NO6.C10H8/c1-11(18)23-10-14(19)13(9-16(21)22)17-15(20)8-7-12-5-3-2-4-6-12;1-2-6-10-8-4-3-7-9(10)5-1/h2-6,13H,7-10H2,1H3,(H,17,20)(H,21,22);1-8H. The molecule has 0 radical (unpaired) electrons. The summed E-state index contributed by atoms with van der Waals surface area (Å²) in [6.07, 6.45) is 0.0444. The highest BCUT2D eigenvalue weighted by atomic mass is 16.5. The van der Waals surface area contributed by atoms with Crippen molar-refractivity contribution in [2.45, 2.75) is 32.2 Å². The van der Waals surface area contributed by atoms with Gasteiger partial charge in [-0.15, -0.1) is 0 Å². The van der Waals surface area contributed by atoms with E-state index in [0.717, 1.165) is 12.5 Å². The topological polar surface area (TPSA) is 110 Å². The normalized spacial score (nSPS) is 10.9. The van der Waals surface area contributed by atoms with Gasteiger partial charge in [0.05, 0.1) is 6.42 Å². The molecule has 0 fully saturated rings. The second kappa shape index (κ2) is 13.4. The van der Waals surface area contributed by atoms with Crippen LogP contribution in [0.5, 0.6) is 0 Å². The molecule has 0 spiro atoms. The van der Waals surface area contributed by atoms with E-state index in [9.17, 15) is 19.2 Å². The predicted octanol–water partition coefficient (Wildman–Crippen LogP) is 3.55. The zero-order valence-corrected chi connectivity index (χ0v) is 18.4. The Bertz CT molecular complexity index is 1010. The van der Waals surface area contributed by atoms with Crippen molar-refractivity contribution in [3.63, 3.8) is 0 Å². The van der Waals surface area contributed by atoms with E-state index in [1.807, 2.05) is 30.3 Å². The Balaban J connectivity index is 0.000000315. The molecule has 3 rings (SSSR count). The quantitative estimate of drug-likeness (QED) is 0.484. The fourth-order valence-corrected chi connectivity index (χ4v) is 3.00. The molecule has 1 atom stereocenters. The number of carbonyl (C=O) groups is 4. The van der Waals surface area contributed by atoms with Crippen LogP contribution in [0.3, 0.4) is 0 Å². The van der Waals surface area contributed by atoms with E-state index in [2.05, 4.69) is 58.6 Å². The number of aryl methyl sites for hydroxylation is 1. The lowest BCUT2D eigenvalue weighted by atomic mass is 10.1. The number of nitrogens with one attached hydrogen (secondary N) is 1.